The van der Waals surface area contributed by atoms with E-state index in [2.05, 4.69) is 4.90 Å². The van der Waals surface area contributed by atoms with Crippen LogP contribution in [-0.4, -0.2) is 18.1 Å². The Bertz CT molecular complexity index is 461. The molecule has 0 amide bonds. The highest BCUT2D eigenvalue weighted by molar-refractivity contribution is 6.35. The third-order valence-corrected chi connectivity index (χ3v) is 4.99. The van der Waals surface area contributed by atoms with E-state index in [-0.39, 0.29) is 0 Å². The number of fused-ring (bicyclic) bond motifs is 2. The maximum absolute atomic E-state index is 6.40. The lowest BCUT2D eigenvalue weighted by Gasteiger charge is -2.40. The minimum Gasteiger partial charge on any atom is -0.364 e. The zero-order valence-corrected chi connectivity index (χ0v) is 12.0. The molecule has 2 saturated heterocycles. The summed E-state index contributed by atoms with van der Waals surface area (Å²) < 4.78 is 0. The van der Waals surface area contributed by atoms with Crippen molar-refractivity contribution in [2.24, 2.45) is 5.73 Å². The molecule has 18 heavy (non-hydrogen) atoms. The lowest BCUT2D eigenvalue weighted by Crippen LogP contribution is -2.47. The number of rotatable bonds is 1. The Morgan fingerprint density at radius 3 is 2.33 bits per heavy atom. The second-order valence-corrected chi connectivity index (χ2v) is 6.39. The van der Waals surface area contributed by atoms with Crippen molar-refractivity contribution in [3.05, 3.63) is 27.7 Å². The van der Waals surface area contributed by atoms with Crippen LogP contribution in [0.15, 0.2) is 12.1 Å². The molecule has 3 rings (SSSR count). The van der Waals surface area contributed by atoms with Crippen LogP contribution in [0.2, 0.25) is 10.0 Å². The van der Waals surface area contributed by atoms with E-state index < -0.39 is 0 Å². The highest BCUT2D eigenvalue weighted by atomic mass is 35.5. The number of hydrogen-bond acceptors (Lipinski definition) is 2. The first-order valence-electron chi connectivity index (χ1n) is 6.56. The van der Waals surface area contributed by atoms with E-state index >= 15 is 0 Å². The zero-order chi connectivity index (χ0) is 12.9. The molecule has 2 unspecified atom stereocenters. The molecule has 98 valence electrons. The third kappa shape index (κ3) is 2.01. The molecule has 2 nitrogen and oxygen atoms in total. The average Bonchev–Trinajstić information content (AvgIpc) is 2.56. The zero-order valence-electron chi connectivity index (χ0n) is 10.5. The smallest absolute Gasteiger partial charge is 0.0643 e. The minimum atomic E-state index is 0.346. The van der Waals surface area contributed by atoms with Gasteiger partial charge in [0.15, 0.2) is 0 Å². The fourth-order valence-electron chi connectivity index (χ4n) is 3.45. The van der Waals surface area contributed by atoms with Gasteiger partial charge < -0.3 is 10.6 Å². The van der Waals surface area contributed by atoms with Crippen molar-refractivity contribution in [1.82, 2.24) is 0 Å². The molecule has 2 aliphatic rings. The normalized spacial score (nSPS) is 30.9. The Hall–Kier alpha value is -0.440. The summed E-state index contributed by atoms with van der Waals surface area (Å²) in [5.41, 5.74) is 8.23. The Morgan fingerprint density at radius 2 is 1.72 bits per heavy atom. The first-order chi connectivity index (χ1) is 8.56. The van der Waals surface area contributed by atoms with Gasteiger partial charge in [0.2, 0.25) is 0 Å². The van der Waals surface area contributed by atoms with Crippen LogP contribution in [-0.2, 0) is 0 Å². The van der Waals surface area contributed by atoms with E-state index in [0.29, 0.717) is 18.1 Å². The highest BCUT2D eigenvalue weighted by Gasteiger charge is 2.40. The Morgan fingerprint density at radius 1 is 1.11 bits per heavy atom. The Balaban J connectivity index is 1.98. The molecule has 0 spiro atoms. The fraction of sp³-hybridized carbons (Fsp3) is 0.571. The predicted molar refractivity (Wildman–Crippen MR) is 77.7 cm³/mol. The summed E-state index contributed by atoms with van der Waals surface area (Å²) >= 11 is 12.6. The van der Waals surface area contributed by atoms with Crippen molar-refractivity contribution in [3.63, 3.8) is 0 Å². The summed E-state index contributed by atoms with van der Waals surface area (Å²) in [6.07, 6.45) is 4.58. The molecule has 0 saturated carbocycles. The second kappa shape index (κ2) is 4.59. The maximum Gasteiger partial charge on any atom is 0.0643 e. The molecule has 2 fully saturated rings. The van der Waals surface area contributed by atoms with Crippen LogP contribution in [0.25, 0.3) is 0 Å². The number of anilines is 1. The van der Waals surface area contributed by atoms with Gasteiger partial charge >= 0.3 is 0 Å². The number of piperidine rings is 1. The summed E-state index contributed by atoms with van der Waals surface area (Å²) in [4.78, 5) is 2.46. The SMILES string of the molecule is Cc1cc(Cl)c(N2C3CCC2CC(N)C3)cc1Cl. The highest BCUT2D eigenvalue weighted by Crippen LogP contribution is 2.43. The van der Waals surface area contributed by atoms with Gasteiger partial charge in [-0.1, -0.05) is 23.2 Å². The third-order valence-electron chi connectivity index (χ3n) is 4.28. The standard InChI is InChI=1S/C14H18Cl2N2/c1-8-4-13(16)14(7-12(8)15)18-10-2-3-11(18)6-9(17)5-10/h4,7,9-11H,2-3,5-6,17H2,1H3. The number of aryl methyl sites for hydroxylation is 1. The molecule has 1 aromatic carbocycles. The lowest BCUT2D eigenvalue weighted by atomic mass is 9.97. The predicted octanol–water partition coefficient (Wildman–Crippen LogP) is 3.76. The minimum absolute atomic E-state index is 0.346. The summed E-state index contributed by atoms with van der Waals surface area (Å²) in [6.45, 7) is 1.98. The van der Waals surface area contributed by atoms with Crippen molar-refractivity contribution in [3.8, 4) is 0 Å². The molecule has 2 heterocycles. The maximum atomic E-state index is 6.40. The molecular formula is C14H18Cl2N2. The Labute approximate surface area is 118 Å². The van der Waals surface area contributed by atoms with Gasteiger partial charge in [0.05, 0.1) is 10.7 Å². The van der Waals surface area contributed by atoms with Crippen molar-refractivity contribution >= 4 is 28.9 Å². The number of benzene rings is 1. The van der Waals surface area contributed by atoms with Crippen LogP contribution < -0.4 is 10.6 Å². The van der Waals surface area contributed by atoms with Crippen LogP contribution in [0.3, 0.4) is 0 Å². The van der Waals surface area contributed by atoms with E-state index in [1.54, 1.807) is 0 Å². The van der Waals surface area contributed by atoms with Crippen LogP contribution >= 0.6 is 23.2 Å². The fourth-order valence-corrected chi connectivity index (χ4v) is 3.92. The molecule has 4 heteroatoms. The molecule has 2 bridgehead atoms. The van der Waals surface area contributed by atoms with Gasteiger partial charge in [-0.25, -0.2) is 0 Å². The monoisotopic (exact) mass is 284 g/mol. The van der Waals surface area contributed by atoms with Gasteiger partial charge in [-0.3, -0.25) is 0 Å². The number of hydrogen-bond donors (Lipinski definition) is 1. The van der Waals surface area contributed by atoms with Gasteiger partial charge in [-0.15, -0.1) is 0 Å². The van der Waals surface area contributed by atoms with Crippen molar-refractivity contribution in [2.45, 2.75) is 50.7 Å². The van der Waals surface area contributed by atoms with Crippen molar-refractivity contribution in [1.29, 1.82) is 0 Å². The molecule has 2 aliphatic heterocycles. The van der Waals surface area contributed by atoms with E-state index in [9.17, 15) is 0 Å². The molecule has 1 aromatic rings. The van der Waals surface area contributed by atoms with E-state index in [4.69, 9.17) is 28.9 Å². The first kappa shape index (κ1) is 12.6. The summed E-state index contributed by atoms with van der Waals surface area (Å²) in [6, 6.07) is 5.40. The first-order valence-corrected chi connectivity index (χ1v) is 7.31. The molecule has 2 atom stereocenters. The molecular weight excluding hydrogens is 267 g/mol. The summed E-state index contributed by atoms with van der Waals surface area (Å²) in [5.74, 6) is 0. The van der Waals surface area contributed by atoms with Gasteiger partial charge in [0.1, 0.15) is 0 Å². The van der Waals surface area contributed by atoms with Gasteiger partial charge in [-0.05, 0) is 50.3 Å². The van der Waals surface area contributed by atoms with Gasteiger partial charge in [0, 0.05) is 23.1 Å². The van der Waals surface area contributed by atoms with Crippen molar-refractivity contribution in [2.75, 3.05) is 4.90 Å². The topological polar surface area (TPSA) is 29.3 Å². The quantitative estimate of drug-likeness (QED) is 0.851. The molecule has 0 aliphatic carbocycles. The van der Waals surface area contributed by atoms with E-state index in [1.165, 1.54) is 12.8 Å². The largest absolute Gasteiger partial charge is 0.364 e. The summed E-state index contributed by atoms with van der Waals surface area (Å²) in [5, 5.41) is 1.60. The van der Waals surface area contributed by atoms with Crippen LogP contribution in [0, 0.1) is 6.92 Å². The Kier molecular flexibility index (Phi) is 3.21. The molecule has 0 radical (unpaired) electrons. The van der Waals surface area contributed by atoms with Crippen molar-refractivity contribution < 1.29 is 0 Å². The summed E-state index contributed by atoms with van der Waals surface area (Å²) in [7, 11) is 0. The van der Waals surface area contributed by atoms with E-state index in [1.807, 2.05) is 19.1 Å². The van der Waals surface area contributed by atoms with Gasteiger partial charge in [-0.2, -0.15) is 0 Å². The van der Waals surface area contributed by atoms with E-state index in [0.717, 1.165) is 34.1 Å². The lowest BCUT2D eigenvalue weighted by molar-refractivity contribution is 0.414. The van der Waals surface area contributed by atoms with Crippen LogP contribution in [0.4, 0.5) is 5.69 Å². The molecule has 0 aromatic heterocycles. The number of nitrogens with zero attached hydrogens (tertiary/aromatic N) is 1. The average molecular weight is 285 g/mol. The second-order valence-electron chi connectivity index (χ2n) is 5.58. The van der Waals surface area contributed by atoms with Crippen LogP contribution in [0.5, 0.6) is 0 Å². The number of halogens is 2. The van der Waals surface area contributed by atoms with Gasteiger partial charge in [0.25, 0.3) is 0 Å². The molecule has 2 N–H and O–H groups in total. The number of nitrogens with two attached hydrogens (primary N) is 1. The van der Waals surface area contributed by atoms with Crippen LogP contribution in [0.1, 0.15) is 31.2 Å².